The highest BCUT2D eigenvalue weighted by Crippen LogP contribution is 2.33. The summed E-state index contributed by atoms with van der Waals surface area (Å²) in [5.74, 6) is 0.456. The molecule has 0 aromatic heterocycles. The highest BCUT2D eigenvalue weighted by atomic mass is 32.2. The molecule has 1 saturated heterocycles. The molecule has 0 radical (unpaired) electrons. The van der Waals surface area contributed by atoms with Crippen LogP contribution in [0.25, 0.3) is 5.57 Å². The molecule has 10 heteroatoms. The van der Waals surface area contributed by atoms with Gasteiger partial charge in [-0.3, -0.25) is 9.00 Å². The van der Waals surface area contributed by atoms with Crippen molar-refractivity contribution < 1.29 is 35.3 Å². The number of halogens is 6. The zero-order chi connectivity index (χ0) is 24.2. The molecular formula is C23H19F6NO2S. The molecule has 1 amide bonds. The minimum Gasteiger partial charge on any atom is -0.337 e. The van der Waals surface area contributed by atoms with E-state index in [-0.39, 0.29) is 5.91 Å². The highest BCUT2D eigenvalue weighted by molar-refractivity contribution is 7.85. The molecule has 33 heavy (non-hydrogen) atoms. The molecule has 1 aliphatic rings. The average Bonchev–Trinajstić information content (AvgIpc) is 2.76. The van der Waals surface area contributed by atoms with Crippen molar-refractivity contribution in [2.24, 2.45) is 0 Å². The van der Waals surface area contributed by atoms with Crippen LogP contribution in [0.15, 0.2) is 66.8 Å². The third-order valence-corrected chi connectivity index (χ3v) is 6.31. The van der Waals surface area contributed by atoms with Gasteiger partial charge in [0.1, 0.15) is 0 Å². The molecule has 1 fully saturated rings. The zero-order valence-electron chi connectivity index (χ0n) is 17.1. The first-order valence-electron chi connectivity index (χ1n) is 9.82. The van der Waals surface area contributed by atoms with Crippen molar-refractivity contribution in [2.45, 2.75) is 12.4 Å². The molecular weight excluding hydrogens is 468 g/mol. The standard InChI is InChI=1S/C23H19F6NO2S/c24-22(25,26)18-8-4-16(5-9-18)20(17-6-10-19(11-7-17)23(27,28)29)2-1-3-21(31)30-12-14-33(32)15-13-30/h1-11H,12-15H2/b3-1+. The van der Waals surface area contributed by atoms with Gasteiger partial charge in [-0.25, -0.2) is 0 Å². The lowest BCUT2D eigenvalue weighted by atomic mass is 9.95. The predicted octanol–water partition coefficient (Wildman–Crippen LogP) is 5.30. The first-order chi connectivity index (χ1) is 15.4. The summed E-state index contributed by atoms with van der Waals surface area (Å²) < 4.78 is 88.8. The Hall–Kier alpha value is -2.88. The van der Waals surface area contributed by atoms with Crippen LogP contribution in [0.3, 0.4) is 0 Å². The maximum absolute atomic E-state index is 12.9. The van der Waals surface area contributed by atoms with E-state index in [4.69, 9.17) is 0 Å². The van der Waals surface area contributed by atoms with Crippen LogP contribution in [-0.2, 0) is 27.9 Å². The molecule has 1 heterocycles. The minimum atomic E-state index is -4.53. The zero-order valence-corrected chi connectivity index (χ0v) is 17.9. The minimum absolute atomic E-state index is 0.317. The SMILES string of the molecule is O=C(/C=C/C=C(c1ccc(C(F)(F)F)cc1)c1ccc(C(F)(F)F)cc1)N1CCS(=O)CC1. The average molecular weight is 487 g/mol. The fraction of sp³-hybridized carbons (Fsp3) is 0.261. The fourth-order valence-corrected chi connectivity index (χ4v) is 4.28. The van der Waals surface area contributed by atoms with Crippen molar-refractivity contribution >= 4 is 22.3 Å². The van der Waals surface area contributed by atoms with E-state index in [1.807, 2.05) is 0 Å². The van der Waals surface area contributed by atoms with Gasteiger partial charge < -0.3 is 4.90 Å². The molecule has 2 aromatic rings. The van der Waals surface area contributed by atoms with Gasteiger partial charge in [-0.1, -0.05) is 36.4 Å². The van der Waals surface area contributed by atoms with Crippen molar-refractivity contribution in [3.8, 4) is 0 Å². The monoisotopic (exact) mass is 487 g/mol. The molecule has 0 unspecified atom stereocenters. The van der Waals surface area contributed by atoms with E-state index in [0.29, 0.717) is 41.3 Å². The Kier molecular flexibility index (Phi) is 7.46. The molecule has 176 valence electrons. The quantitative estimate of drug-likeness (QED) is 0.333. The Balaban J connectivity index is 1.91. The van der Waals surface area contributed by atoms with E-state index >= 15 is 0 Å². The van der Waals surface area contributed by atoms with Crippen LogP contribution in [0.5, 0.6) is 0 Å². The molecule has 3 nitrogen and oxygen atoms in total. The number of alkyl halides is 6. The summed E-state index contributed by atoms with van der Waals surface area (Å²) in [5, 5.41) is 0. The van der Waals surface area contributed by atoms with Crippen LogP contribution in [0.1, 0.15) is 22.3 Å². The van der Waals surface area contributed by atoms with E-state index < -0.39 is 34.3 Å². The van der Waals surface area contributed by atoms with E-state index in [9.17, 15) is 35.3 Å². The lowest BCUT2D eigenvalue weighted by Crippen LogP contribution is -2.40. The number of hydrogen-bond acceptors (Lipinski definition) is 2. The maximum atomic E-state index is 12.9. The topological polar surface area (TPSA) is 37.4 Å². The molecule has 0 N–H and O–H groups in total. The van der Waals surface area contributed by atoms with E-state index in [2.05, 4.69) is 0 Å². The molecule has 0 aliphatic carbocycles. The molecule has 1 aliphatic heterocycles. The number of amides is 1. The van der Waals surface area contributed by atoms with Crippen molar-refractivity contribution in [3.63, 3.8) is 0 Å². The molecule has 0 bridgehead atoms. The van der Waals surface area contributed by atoms with E-state index in [1.54, 1.807) is 0 Å². The Bertz CT molecular complexity index is 1000. The Morgan fingerprint density at radius 3 is 1.61 bits per heavy atom. The Morgan fingerprint density at radius 1 is 0.788 bits per heavy atom. The van der Waals surface area contributed by atoms with Gasteiger partial charge in [-0.2, -0.15) is 26.3 Å². The number of allylic oxidation sites excluding steroid dienone is 2. The van der Waals surface area contributed by atoms with Gasteiger partial charge in [0.05, 0.1) is 11.1 Å². The third-order valence-electron chi connectivity index (χ3n) is 5.04. The van der Waals surface area contributed by atoms with Gasteiger partial charge in [-0.15, -0.1) is 0 Å². The molecule has 0 saturated carbocycles. The summed E-state index contributed by atoms with van der Waals surface area (Å²) in [7, 11) is -0.947. The van der Waals surface area contributed by atoms with Crippen LogP contribution in [-0.4, -0.2) is 39.6 Å². The molecule has 3 rings (SSSR count). The number of carbonyl (C=O) groups excluding carboxylic acids is 1. The van der Waals surface area contributed by atoms with E-state index in [1.165, 1.54) is 47.4 Å². The largest absolute Gasteiger partial charge is 0.416 e. The lowest BCUT2D eigenvalue weighted by molar-refractivity contribution is -0.138. The van der Waals surface area contributed by atoms with Gasteiger partial charge >= 0.3 is 12.4 Å². The van der Waals surface area contributed by atoms with E-state index in [0.717, 1.165) is 24.3 Å². The first-order valence-corrected chi connectivity index (χ1v) is 11.3. The van der Waals surface area contributed by atoms with Gasteiger partial charge in [-0.05, 0) is 41.0 Å². The Labute approximate surface area is 188 Å². The van der Waals surface area contributed by atoms with Crippen molar-refractivity contribution in [3.05, 3.63) is 89.0 Å². The van der Waals surface area contributed by atoms with Crippen LogP contribution < -0.4 is 0 Å². The van der Waals surface area contributed by atoms with Gasteiger partial charge in [0.2, 0.25) is 5.91 Å². The normalized spacial score (nSPS) is 15.6. The predicted molar refractivity (Wildman–Crippen MR) is 114 cm³/mol. The second kappa shape index (κ2) is 9.94. The number of rotatable bonds is 4. The van der Waals surface area contributed by atoms with Gasteiger partial charge in [0.25, 0.3) is 0 Å². The van der Waals surface area contributed by atoms with Crippen molar-refractivity contribution in [1.82, 2.24) is 4.90 Å². The summed E-state index contributed by atoms with van der Waals surface area (Å²) in [6, 6.07) is 8.44. The lowest BCUT2D eigenvalue weighted by Gasteiger charge is -2.24. The van der Waals surface area contributed by atoms with Gasteiger partial charge in [0.15, 0.2) is 0 Å². The molecule has 2 aromatic carbocycles. The summed E-state index contributed by atoms with van der Waals surface area (Å²) >= 11 is 0. The third kappa shape index (κ3) is 6.56. The highest BCUT2D eigenvalue weighted by Gasteiger charge is 2.31. The van der Waals surface area contributed by atoms with Crippen molar-refractivity contribution in [1.29, 1.82) is 0 Å². The van der Waals surface area contributed by atoms with Crippen LogP contribution in [0.4, 0.5) is 26.3 Å². The second-order valence-corrected chi connectivity index (χ2v) is 8.96. The summed E-state index contributed by atoms with van der Waals surface area (Å²) in [6.07, 6.45) is -4.92. The Morgan fingerprint density at radius 2 is 1.21 bits per heavy atom. The first kappa shape index (κ1) is 24.8. The maximum Gasteiger partial charge on any atom is 0.416 e. The number of hydrogen-bond donors (Lipinski definition) is 0. The molecule has 0 spiro atoms. The van der Waals surface area contributed by atoms with Crippen LogP contribution in [0, 0.1) is 0 Å². The van der Waals surface area contributed by atoms with Crippen molar-refractivity contribution in [2.75, 3.05) is 24.6 Å². The summed E-state index contributed by atoms with van der Waals surface area (Å²) in [6.45, 7) is 0.703. The summed E-state index contributed by atoms with van der Waals surface area (Å²) in [5.41, 5.74) is -0.680. The fourth-order valence-electron chi connectivity index (χ4n) is 3.23. The van der Waals surface area contributed by atoms with Crippen LogP contribution >= 0.6 is 0 Å². The molecule has 0 atom stereocenters. The summed E-state index contributed by atoms with van der Waals surface area (Å²) in [4.78, 5) is 13.9. The number of benzene rings is 2. The second-order valence-electron chi connectivity index (χ2n) is 7.26. The van der Waals surface area contributed by atoms with Crippen LogP contribution in [0.2, 0.25) is 0 Å². The smallest absolute Gasteiger partial charge is 0.337 e. The van der Waals surface area contributed by atoms with Gasteiger partial charge in [0, 0.05) is 41.5 Å². The number of nitrogens with zero attached hydrogens (tertiary/aromatic N) is 1. The number of carbonyl (C=O) groups is 1.